The quantitative estimate of drug-likeness (QED) is 0.799. The standard InChI is InChI=1S/C17H28N4O3/c1-5-6-21-15(18)14(16(23)19(4)17(21)24)13(22)10-20-8-11(2)7-12(3)9-20/h11-12H,5-10,18H2,1-4H3/t11-,12-/m1/s1. The lowest BCUT2D eigenvalue weighted by molar-refractivity contribution is 0.0847. The van der Waals surface area contributed by atoms with Gasteiger partial charge in [0.25, 0.3) is 5.56 Å². The molecule has 24 heavy (non-hydrogen) atoms. The molecular formula is C17H28N4O3. The first-order chi connectivity index (χ1) is 11.3. The Morgan fingerprint density at radius 3 is 2.33 bits per heavy atom. The third-order valence-corrected chi connectivity index (χ3v) is 4.62. The van der Waals surface area contributed by atoms with Crippen molar-refractivity contribution in [2.24, 2.45) is 18.9 Å². The van der Waals surface area contributed by atoms with E-state index in [0.29, 0.717) is 24.8 Å². The van der Waals surface area contributed by atoms with Crippen molar-refractivity contribution in [3.63, 3.8) is 0 Å². The number of carbonyl (C=O) groups excluding carboxylic acids is 1. The molecule has 0 bridgehead atoms. The monoisotopic (exact) mass is 336 g/mol. The number of hydrogen-bond acceptors (Lipinski definition) is 5. The molecule has 2 heterocycles. The number of likely N-dealkylation sites (tertiary alicyclic amines) is 1. The lowest BCUT2D eigenvalue weighted by atomic mass is 9.91. The number of nitrogen functional groups attached to an aromatic ring is 1. The number of ketones is 1. The van der Waals surface area contributed by atoms with Crippen LogP contribution in [0.1, 0.15) is 44.0 Å². The largest absolute Gasteiger partial charge is 0.384 e. The molecular weight excluding hydrogens is 308 g/mol. The minimum atomic E-state index is -0.604. The Morgan fingerprint density at radius 2 is 1.79 bits per heavy atom. The van der Waals surface area contributed by atoms with E-state index in [9.17, 15) is 14.4 Å². The molecule has 0 spiro atoms. The molecule has 0 aromatic carbocycles. The van der Waals surface area contributed by atoms with Crippen LogP contribution in [-0.2, 0) is 13.6 Å². The first-order valence-corrected chi connectivity index (χ1v) is 8.61. The molecule has 7 nitrogen and oxygen atoms in total. The highest BCUT2D eigenvalue weighted by Gasteiger charge is 2.27. The fourth-order valence-corrected chi connectivity index (χ4v) is 3.69. The molecule has 0 aliphatic carbocycles. The van der Waals surface area contributed by atoms with E-state index in [1.807, 2.05) is 6.92 Å². The molecule has 0 amide bonds. The number of rotatable bonds is 5. The lowest BCUT2D eigenvalue weighted by Crippen LogP contribution is -2.46. The Hall–Kier alpha value is -1.89. The summed E-state index contributed by atoms with van der Waals surface area (Å²) in [5.41, 5.74) is 4.87. The van der Waals surface area contributed by atoms with Gasteiger partial charge in [-0.05, 0) is 24.7 Å². The number of aromatic nitrogens is 2. The summed E-state index contributed by atoms with van der Waals surface area (Å²) in [7, 11) is 1.39. The summed E-state index contributed by atoms with van der Waals surface area (Å²) in [6.07, 6.45) is 1.84. The second-order valence-electron chi connectivity index (χ2n) is 7.12. The zero-order valence-corrected chi connectivity index (χ0v) is 15.0. The number of carbonyl (C=O) groups is 1. The molecule has 1 fully saturated rings. The van der Waals surface area contributed by atoms with Crippen LogP contribution in [0.25, 0.3) is 0 Å². The zero-order valence-electron chi connectivity index (χ0n) is 15.0. The highest BCUT2D eigenvalue weighted by Crippen LogP contribution is 2.21. The molecule has 1 aliphatic heterocycles. The van der Waals surface area contributed by atoms with E-state index >= 15 is 0 Å². The van der Waals surface area contributed by atoms with Gasteiger partial charge in [-0.25, -0.2) is 4.79 Å². The van der Waals surface area contributed by atoms with Crippen LogP contribution < -0.4 is 17.0 Å². The van der Waals surface area contributed by atoms with Crippen molar-refractivity contribution in [2.75, 3.05) is 25.4 Å². The fraction of sp³-hybridized carbons (Fsp3) is 0.706. The Kier molecular flexibility index (Phi) is 5.64. The van der Waals surface area contributed by atoms with E-state index in [4.69, 9.17) is 5.73 Å². The summed E-state index contributed by atoms with van der Waals surface area (Å²) in [6, 6.07) is 0. The number of Topliss-reactive ketones (excluding diaryl/α,β-unsaturated/α-hetero) is 1. The first kappa shape index (κ1) is 18.4. The number of hydrogen-bond donors (Lipinski definition) is 1. The molecule has 2 rings (SSSR count). The summed E-state index contributed by atoms with van der Waals surface area (Å²) in [5, 5.41) is 0. The minimum absolute atomic E-state index is 0.00643. The maximum atomic E-state index is 12.7. The first-order valence-electron chi connectivity index (χ1n) is 8.61. The Labute approximate surface area is 142 Å². The van der Waals surface area contributed by atoms with E-state index in [2.05, 4.69) is 18.7 Å². The second kappa shape index (κ2) is 7.34. The van der Waals surface area contributed by atoms with Gasteiger partial charge in [0.15, 0.2) is 5.78 Å². The van der Waals surface area contributed by atoms with Crippen molar-refractivity contribution in [1.29, 1.82) is 0 Å². The van der Waals surface area contributed by atoms with Gasteiger partial charge in [0, 0.05) is 26.7 Å². The van der Waals surface area contributed by atoms with Gasteiger partial charge in [-0.15, -0.1) is 0 Å². The maximum absolute atomic E-state index is 12.7. The molecule has 1 saturated heterocycles. The molecule has 7 heteroatoms. The lowest BCUT2D eigenvalue weighted by Gasteiger charge is -2.34. The van der Waals surface area contributed by atoms with Crippen LogP contribution in [-0.4, -0.2) is 39.5 Å². The van der Waals surface area contributed by atoms with Gasteiger partial charge in [0.2, 0.25) is 0 Å². The Balaban J connectivity index is 2.35. The highest BCUT2D eigenvalue weighted by molar-refractivity contribution is 6.01. The van der Waals surface area contributed by atoms with Gasteiger partial charge in [-0.1, -0.05) is 20.8 Å². The predicted molar refractivity (Wildman–Crippen MR) is 94.4 cm³/mol. The van der Waals surface area contributed by atoms with Crippen LogP contribution in [0.4, 0.5) is 5.82 Å². The van der Waals surface area contributed by atoms with Gasteiger partial charge in [0.05, 0.1) is 6.54 Å². The van der Waals surface area contributed by atoms with Crippen LogP contribution in [0, 0.1) is 11.8 Å². The number of piperidine rings is 1. The molecule has 0 radical (unpaired) electrons. The van der Waals surface area contributed by atoms with Crippen LogP contribution >= 0.6 is 0 Å². The van der Waals surface area contributed by atoms with E-state index in [1.54, 1.807) is 0 Å². The summed E-state index contributed by atoms with van der Waals surface area (Å²) in [6.45, 7) is 8.48. The highest BCUT2D eigenvalue weighted by atomic mass is 16.2. The van der Waals surface area contributed by atoms with Gasteiger partial charge in [-0.2, -0.15) is 0 Å². The number of anilines is 1. The van der Waals surface area contributed by atoms with Crippen LogP contribution in [0.2, 0.25) is 0 Å². The molecule has 0 saturated carbocycles. The van der Waals surface area contributed by atoms with Crippen LogP contribution in [0.15, 0.2) is 9.59 Å². The average Bonchev–Trinajstić information content (AvgIpc) is 2.48. The second-order valence-corrected chi connectivity index (χ2v) is 7.12. The molecule has 2 N–H and O–H groups in total. The van der Waals surface area contributed by atoms with E-state index in [1.165, 1.54) is 11.6 Å². The van der Waals surface area contributed by atoms with Gasteiger partial charge in [-0.3, -0.25) is 23.6 Å². The maximum Gasteiger partial charge on any atom is 0.332 e. The topological polar surface area (TPSA) is 90.3 Å². The summed E-state index contributed by atoms with van der Waals surface area (Å²) in [5.74, 6) is 0.735. The summed E-state index contributed by atoms with van der Waals surface area (Å²) in [4.78, 5) is 39.4. The van der Waals surface area contributed by atoms with Crippen LogP contribution in [0.3, 0.4) is 0 Å². The molecule has 1 aliphatic rings. The van der Waals surface area contributed by atoms with Gasteiger partial charge >= 0.3 is 5.69 Å². The van der Waals surface area contributed by atoms with E-state index < -0.39 is 11.2 Å². The molecule has 1 aromatic rings. The van der Waals surface area contributed by atoms with E-state index in [0.717, 1.165) is 24.1 Å². The third-order valence-electron chi connectivity index (χ3n) is 4.62. The smallest absolute Gasteiger partial charge is 0.332 e. The normalized spacial score (nSPS) is 21.8. The average molecular weight is 336 g/mol. The van der Waals surface area contributed by atoms with Crippen molar-refractivity contribution >= 4 is 11.6 Å². The van der Waals surface area contributed by atoms with Gasteiger partial charge < -0.3 is 5.73 Å². The number of nitrogens with zero attached hydrogens (tertiary/aromatic N) is 3. The third kappa shape index (κ3) is 3.61. The summed E-state index contributed by atoms with van der Waals surface area (Å²) < 4.78 is 2.29. The van der Waals surface area contributed by atoms with Crippen LogP contribution in [0.5, 0.6) is 0 Å². The predicted octanol–water partition coefficient (Wildman–Crippen LogP) is 0.700. The molecule has 134 valence electrons. The van der Waals surface area contributed by atoms with Crippen molar-refractivity contribution in [2.45, 2.75) is 40.2 Å². The molecule has 1 aromatic heterocycles. The van der Waals surface area contributed by atoms with E-state index in [-0.39, 0.29) is 23.7 Å². The Morgan fingerprint density at radius 1 is 1.21 bits per heavy atom. The number of nitrogens with two attached hydrogens (primary N) is 1. The van der Waals surface area contributed by atoms with Gasteiger partial charge in [0.1, 0.15) is 11.4 Å². The fourth-order valence-electron chi connectivity index (χ4n) is 3.69. The molecule has 2 atom stereocenters. The Bertz CT molecular complexity index is 725. The SMILES string of the molecule is CCCn1c(N)c(C(=O)CN2C[C@H](C)C[C@@H](C)C2)c(=O)n(C)c1=O. The van der Waals surface area contributed by atoms with Crippen molar-refractivity contribution in [3.05, 3.63) is 26.4 Å². The van der Waals surface area contributed by atoms with Crippen molar-refractivity contribution in [1.82, 2.24) is 14.0 Å². The van der Waals surface area contributed by atoms with Crippen molar-refractivity contribution in [3.8, 4) is 0 Å². The molecule has 0 unspecified atom stereocenters. The summed E-state index contributed by atoms with van der Waals surface area (Å²) >= 11 is 0. The van der Waals surface area contributed by atoms with Crippen molar-refractivity contribution < 1.29 is 4.79 Å². The zero-order chi connectivity index (χ0) is 18.0. The minimum Gasteiger partial charge on any atom is -0.384 e.